The Morgan fingerprint density at radius 3 is 3.00 bits per heavy atom. The van der Waals surface area contributed by atoms with Crippen LogP contribution in [-0.2, 0) is 6.54 Å². The van der Waals surface area contributed by atoms with Crippen molar-refractivity contribution in [3.63, 3.8) is 0 Å². The van der Waals surface area contributed by atoms with E-state index in [0.717, 1.165) is 16.4 Å². The van der Waals surface area contributed by atoms with Crippen LogP contribution in [0.1, 0.15) is 28.7 Å². The Hall–Kier alpha value is -1.82. The van der Waals surface area contributed by atoms with Gasteiger partial charge >= 0.3 is 0 Å². The number of hydrogen-bond donors (Lipinski definition) is 1. The summed E-state index contributed by atoms with van der Waals surface area (Å²) < 4.78 is 4.17. The molecule has 17 heavy (non-hydrogen) atoms. The molecule has 0 fully saturated rings. The molecule has 0 spiro atoms. The minimum absolute atomic E-state index is 0.0258. The molecule has 0 saturated heterocycles. The second-order valence-corrected chi connectivity index (χ2v) is 4.37. The molecule has 6 heteroatoms. The van der Waals surface area contributed by atoms with E-state index < -0.39 is 0 Å². The van der Waals surface area contributed by atoms with Gasteiger partial charge in [0, 0.05) is 6.20 Å². The number of rotatable bonds is 4. The summed E-state index contributed by atoms with van der Waals surface area (Å²) in [6.07, 6.45) is 1.63. The van der Waals surface area contributed by atoms with Gasteiger partial charge in [-0.2, -0.15) is 14.6 Å². The lowest BCUT2D eigenvalue weighted by Crippen LogP contribution is -2.04. The molecule has 0 atom stereocenters. The fourth-order valence-electron chi connectivity index (χ4n) is 1.50. The SMILES string of the molecule is CC(=O)c1c(C)nsc1NCc1cccnn1. The van der Waals surface area contributed by atoms with Crippen molar-refractivity contribution >= 4 is 22.3 Å². The van der Waals surface area contributed by atoms with Gasteiger partial charge in [-0.15, -0.1) is 0 Å². The predicted molar refractivity (Wildman–Crippen MR) is 66.2 cm³/mol. The third-order valence-electron chi connectivity index (χ3n) is 2.27. The smallest absolute Gasteiger partial charge is 0.164 e. The van der Waals surface area contributed by atoms with E-state index in [4.69, 9.17) is 0 Å². The van der Waals surface area contributed by atoms with E-state index in [1.807, 2.05) is 19.1 Å². The highest BCUT2D eigenvalue weighted by Crippen LogP contribution is 2.25. The molecule has 0 unspecified atom stereocenters. The van der Waals surface area contributed by atoms with Crippen molar-refractivity contribution in [1.82, 2.24) is 14.6 Å². The number of anilines is 1. The van der Waals surface area contributed by atoms with E-state index in [1.54, 1.807) is 13.1 Å². The van der Waals surface area contributed by atoms with Crippen molar-refractivity contribution in [2.24, 2.45) is 0 Å². The maximum atomic E-state index is 11.5. The number of Topliss-reactive ketones (excluding diaryl/α,β-unsaturated/α-hetero) is 1. The number of ketones is 1. The molecular formula is C11H12N4OS. The lowest BCUT2D eigenvalue weighted by molar-refractivity contribution is 0.101. The van der Waals surface area contributed by atoms with Crippen LogP contribution in [0.3, 0.4) is 0 Å². The van der Waals surface area contributed by atoms with Crippen LogP contribution in [0.15, 0.2) is 18.3 Å². The topological polar surface area (TPSA) is 67.8 Å². The van der Waals surface area contributed by atoms with E-state index in [0.29, 0.717) is 12.1 Å². The van der Waals surface area contributed by atoms with Gasteiger partial charge in [0.05, 0.1) is 23.5 Å². The number of aryl methyl sites for hydroxylation is 1. The first-order chi connectivity index (χ1) is 8.18. The molecule has 0 amide bonds. The first-order valence-electron chi connectivity index (χ1n) is 5.16. The van der Waals surface area contributed by atoms with E-state index in [9.17, 15) is 4.79 Å². The monoisotopic (exact) mass is 248 g/mol. The Labute approximate surface area is 103 Å². The lowest BCUT2D eigenvalue weighted by atomic mass is 10.2. The molecule has 0 bridgehead atoms. The Balaban J connectivity index is 2.12. The largest absolute Gasteiger partial charge is 0.369 e. The van der Waals surface area contributed by atoms with Crippen LogP contribution in [0.4, 0.5) is 5.00 Å². The highest BCUT2D eigenvalue weighted by molar-refractivity contribution is 7.10. The molecule has 0 aromatic carbocycles. The van der Waals surface area contributed by atoms with Gasteiger partial charge in [-0.1, -0.05) is 0 Å². The predicted octanol–water partition coefficient (Wildman–Crippen LogP) is 2.06. The molecule has 2 aromatic heterocycles. The molecule has 88 valence electrons. The molecule has 0 radical (unpaired) electrons. The van der Waals surface area contributed by atoms with Gasteiger partial charge in [-0.3, -0.25) is 4.79 Å². The van der Waals surface area contributed by atoms with Crippen LogP contribution in [0.5, 0.6) is 0 Å². The number of aromatic nitrogens is 3. The fourth-order valence-corrected chi connectivity index (χ4v) is 2.34. The van der Waals surface area contributed by atoms with Crippen molar-refractivity contribution in [3.05, 3.63) is 35.3 Å². The van der Waals surface area contributed by atoms with Crippen LogP contribution < -0.4 is 5.32 Å². The zero-order valence-corrected chi connectivity index (χ0v) is 10.4. The number of carbonyl (C=O) groups is 1. The molecule has 0 aliphatic rings. The molecule has 1 N–H and O–H groups in total. The lowest BCUT2D eigenvalue weighted by Gasteiger charge is -2.03. The molecule has 2 aromatic rings. The second-order valence-electron chi connectivity index (χ2n) is 3.60. The van der Waals surface area contributed by atoms with Crippen LogP contribution in [0, 0.1) is 6.92 Å². The Morgan fingerprint density at radius 1 is 1.53 bits per heavy atom. The van der Waals surface area contributed by atoms with Crippen molar-refractivity contribution in [2.75, 3.05) is 5.32 Å². The molecule has 0 saturated carbocycles. The summed E-state index contributed by atoms with van der Waals surface area (Å²) in [4.78, 5) is 11.5. The van der Waals surface area contributed by atoms with Crippen molar-refractivity contribution in [2.45, 2.75) is 20.4 Å². The first kappa shape index (κ1) is 11.7. The van der Waals surface area contributed by atoms with Gasteiger partial charge in [0.15, 0.2) is 5.78 Å². The first-order valence-corrected chi connectivity index (χ1v) is 5.93. The van der Waals surface area contributed by atoms with E-state index >= 15 is 0 Å². The summed E-state index contributed by atoms with van der Waals surface area (Å²) in [5, 5.41) is 11.7. The zero-order valence-electron chi connectivity index (χ0n) is 9.60. The number of nitrogens with zero attached hydrogens (tertiary/aromatic N) is 3. The summed E-state index contributed by atoms with van der Waals surface area (Å²) in [6.45, 7) is 3.92. The number of nitrogens with one attached hydrogen (secondary N) is 1. The number of hydrogen-bond acceptors (Lipinski definition) is 6. The minimum Gasteiger partial charge on any atom is -0.369 e. The molecule has 0 aliphatic heterocycles. The summed E-state index contributed by atoms with van der Waals surface area (Å²) in [7, 11) is 0. The minimum atomic E-state index is 0.0258. The van der Waals surface area contributed by atoms with Crippen LogP contribution in [0.25, 0.3) is 0 Å². The van der Waals surface area contributed by atoms with Gasteiger partial charge < -0.3 is 5.32 Å². The van der Waals surface area contributed by atoms with Gasteiger partial charge in [0.25, 0.3) is 0 Å². The number of carbonyl (C=O) groups excluding carboxylic acids is 1. The second kappa shape index (κ2) is 5.01. The van der Waals surface area contributed by atoms with Crippen molar-refractivity contribution < 1.29 is 4.79 Å². The normalized spacial score (nSPS) is 10.2. The van der Waals surface area contributed by atoms with Crippen LogP contribution in [0.2, 0.25) is 0 Å². The molecule has 2 heterocycles. The van der Waals surface area contributed by atoms with Gasteiger partial charge in [-0.05, 0) is 37.5 Å². The van der Waals surface area contributed by atoms with E-state index in [-0.39, 0.29) is 5.78 Å². The molecule has 2 rings (SSSR count). The van der Waals surface area contributed by atoms with Crippen LogP contribution >= 0.6 is 11.5 Å². The third kappa shape index (κ3) is 2.65. The Bertz CT molecular complexity index is 524. The van der Waals surface area contributed by atoms with Crippen LogP contribution in [-0.4, -0.2) is 20.4 Å². The maximum Gasteiger partial charge on any atom is 0.164 e. The Kier molecular flexibility index (Phi) is 3.43. The fraction of sp³-hybridized carbons (Fsp3) is 0.273. The highest BCUT2D eigenvalue weighted by atomic mass is 32.1. The summed E-state index contributed by atoms with van der Waals surface area (Å²) in [5.41, 5.74) is 2.26. The summed E-state index contributed by atoms with van der Waals surface area (Å²) in [5.74, 6) is 0.0258. The van der Waals surface area contributed by atoms with Gasteiger partial charge in [-0.25, -0.2) is 0 Å². The standard InChI is InChI=1S/C11H12N4OS/c1-7-10(8(2)16)11(17-15-7)12-6-9-4-3-5-13-14-9/h3-5,12H,6H2,1-2H3. The maximum absolute atomic E-state index is 11.5. The van der Waals surface area contributed by atoms with Crippen molar-refractivity contribution in [3.8, 4) is 0 Å². The van der Waals surface area contributed by atoms with Gasteiger partial charge in [0.1, 0.15) is 5.00 Å². The third-order valence-corrected chi connectivity index (χ3v) is 3.17. The average molecular weight is 248 g/mol. The van der Waals surface area contributed by atoms with E-state index in [1.165, 1.54) is 11.5 Å². The molecular weight excluding hydrogens is 236 g/mol. The Morgan fingerprint density at radius 2 is 2.35 bits per heavy atom. The molecule has 0 aliphatic carbocycles. The summed E-state index contributed by atoms with van der Waals surface area (Å²) >= 11 is 1.29. The molecule has 5 nitrogen and oxygen atoms in total. The van der Waals surface area contributed by atoms with Crippen molar-refractivity contribution in [1.29, 1.82) is 0 Å². The average Bonchev–Trinajstić information content (AvgIpc) is 2.69. The zero-order chi connectivity index (χ0) is 12.3. The van der Waals surface area contributed by atoms with E-state index in [2.05, 4.69) is 19.9 Å². The highest BCUT2D eigenvalue weighted by Gasteiger charge is 2.14. The quantitative estimate of drug-likeness (QED) is 0.839. The summed E-state index contributed by atoms with van der Waals surface area (Å²) in [6, 6.07) is 3.70. The van der Waals surface area contributed by atoms with Gasteiger partial charge in [0.2, 0.25) is 0 Å².